The molecule has 0 aromatic rings. The predicted octanol–water partition coefficient (Wildman–Crippen LogP) is 2.90. The summed E-state index contributed by atoms with van der Waals surface area (Å²) in [6, 6.07) is 0. The SMILES string of the molecule is [CH2]CCCCCCCCCN. The second kappa shape index (κ2) is 9.96. The normalized spacial score (nSPS) is 10.4. The summed E-state index contributed by atoms with van der Waals surface area (Å²) < 4.78 is 0. The molecular weight excluding hydrogens is 134 g/mol. The molecule has 0 bridgehead atoms. The third kappa shape index (κ3) is 9.96. The number of nitrogens with two attached hydrogens (primary N) is 1. The maximum Gasteiger partial charge on any atom is -0.00773 e. The van der Waals surface area contributed by atoms with E-state index in [-0.39, 0.29) is 0 Å². The lowest BCUT2D eigenvalue weighted by Crippen LogP contribution is -1.97. The fraction of sp³-hybridized carbons (Fsp3) is 0.900. The summed E-state index contributed by atoms with van der Waals surface area (Å²) in [5.74, 6) is 0. The zero-order valence-electron chi connectivity index (χ0n) is 7.65. The Bertz CT molecular complexity index is 53.9. The summed E-state index contributed by atoms with van der Waals surface area (Å²) in [7, 11) is 0. The van der Waals surface area contributed by atoms with Crippen LogP contribution in [0, 0.1) is 6.92 Å². The molecular formula is C10H22N. The van der Waals surface area contributed by atoms with Gasteiger partial charge in [-0.1, -0.05) is 51.9 Å². The van der Waals surface area contributed by atoms with Crippen molar-refractivity contribution in [2.75, 3.05) is 6.54 Å². The Morgan fingerprint density at radius 2 is 1.18 bits per heavy atom. The van der Waals surface area contributed by atoms with Crippen LogP contribution in [0.3, 0.4) is 0 Å². The molecule has 1 heteroatoms. The molecule has 0 fully saturated rings. The molecule has 0 rings (SSSR count). The van der Waals surface area contributed by atoms with Crippen LogP contribution in [0.25, 0.3) is 0 Å². The Morgan fingerprint density at radius 3 is 1.64 bits per heavy atom. The van der Waals surface area contributed by atoms with Gasteiger partial charge in [0.15, 0.2) is 0 Å². The largest absolute Gasteiger partial charge is 0.330 e. The van der Waals surface area contributed by atoms with E-state index in [0.717, 1.165) is 13.0 Å². The van der Waals surface area contributed by atoms with Gasteiger partial charge >= 0.3 is 0 Å². The van der Waals surface area contributed by atoms with Gasteiger partial charge in [0.25, 0.3) is 0 Å². The smallest absolute Gasteiger partial charge is 0.00773 e. The summed E-state index contributed by atoms with van der Waals surface area (Å²) in [5.41, 5.74) is 5.38. The van der Waals surface area contributed by atoms with Gasteiger partial charge < -0.3 is 5.73 Å². The van der Waals surface area contributed by atoms with Crippen LogP contribution in [-0.4, -0.2) is 6.54 Å². The molecule has 0 saturated heterocycles. The molecule has 0 spiro atoms. The summed E-state index contributed by atoms with van der Waals surface area (Å²) in [6.07, 6.45) is 10.4. The molecule has 0 aliphatic heterocycles. The predicted molar refractivity (Wildman–Crippen MR) is 51.3 cm³/mol. The van der Waals surface area contributed by atoms with Gasteiger partial charge in [0.2, 0.25) is 0 Å². The molecule has 2 N–H and O–H groups in total. The van der Waals surface area contributed by atoms with Crippen LogP contribution in [0.15, 0.2) is 0 Å². The molecule has 0 aromatic heterocycles. The highest BCUT2D eigenvalue weighted by molar-refractivity contribution is 4.47. The third-order valence-electron chi connectivity index (χ3n) is 1.95. The summed E-state index contributed by atoms with van der Waals surface area (Å²) in [6.45, 7) is 4.68. The van der Waals surface area contributed by atoms with Gasteiger partial charge in [0.05, 0.1) is 0 Å². The zero-order chi connectivity index (χ0) is 8.36. The van der Waals surface area contributed by atoms with E-state index in [2.05, 4.69) is 6.92 Å². The Hall–Kier alpha value is -0.0400. The van der Waals surface area contributed by atoms with E-state index >= 15 is 0 Å². The van der Waals surface area contributed by atoms with E-state index in [4.69, 9.17) is 5.73 Å². The van der Waals surface area contributed by atoms with Crippen molar-refractivity contribution in [3.05, 3.63) is 6.92 Å². The average Bonchev–Trinajstić information content (AvgIpc) is 2.03. The van der Waals surface area contributed by atoms with Crippen LogP contribution in [0.2, 0.25) is 0 Å². The van der Waals surface area contributed by atoms with E-state index in [0.29, 0.717) is 0 Å². The monoisotopic (exact) mass is 156 g/mol. The molecule has 11 heavy (non-hydrogen) atoms. The van der Waals surface area contributed by atoms with Gasteiger partial charge in [-0.15, -0.1) is 0 Å². The fourth-order valence-electron chi connectivity index (χ4n) is 1.20. The highest BCUT2D eigenvalue weighted by Crippen LogP contribution is 2.07. The number of rotatable bonds is 8. The van der Waals surface area contributed by atoms with Crippen LogP contribution in [0.5, 0.6) is 0 Å². The lowest BCUT2D eigenvalue weighted by atomic mass is 10.1. The van der Waals surface area contributed by atoms with E-state index < -0.39 is 0 Å². The number of hydrogen-bond acceptors (Lipinski definition) is 1. The topological polar surface area (TPSA) is 26.0 Å². The molecule has 0 saturated carbocycles. The number of hydrogen-bond donors (Lipinski definition) is 1. The van der Waals surface area contributed by atoms with Crippen LogP contribution in [0.4, 0.5) is 0 Å². The van der Waals surface area contributed by atoms with Crippen LogP contribution in [-0.2, 0) is 0 Å². The van der Waals surface area contributed by atoms with Gasteiger partial charge in [0.1, 0.15) is 0 Å². The van der Waals surface area contributed by atoms with E-state index in [1.807, 2.05) is 0 Å². The number of unbranched alkanes of at least 4 members (excludes halogenated alkanes) is 7. The van der Waals surface area contributed by atoms with Crippen molar-refractivity contribution < 1.29 is 0 Å². The van der Waals surface area contributed by atoms with Crippen molar-refractivity contribution in [2.24, 2.45) is 5.73 Å². The van der Waals surface area contributed by atoms with E-state index in [1.165, 1.54) is 44.9 Å². The molecule has 0 aliphatic rings. The molecule has 0 aliphatic carbocycles. The Labute approximate surface area is 71.4 Å². The third-order valence-corrected chi connectivity index (χ3v) is 1.95. The first kappa shape index (κ1) is 11.0. The van der Waals surface area contributed by atoms with Gasteiger partial charge in [-0.3, -0.25) is 0 Å². The lowest BCUT2D eigenvalue weighted by molar-refractivity contribution is 0.584. The minimum Gasteiger partial charge on any atom is -0.330 e. The molecule has 0 aromatic carbocycles. The maximum absolute atomic E-state index is 5.38. The second-order valence-corrected chi connectivity index (χ2v) is 3.12. The average molecular weight is 156 g/mol. The van der Waals surface area contributed by atoms with Crippen LogP contribution >= 0.6 is 0 Å². The van der Waals surface area contributed by atoms with E-state index in [1.54, 1.807) is 0 Å². The van der Waals surface area contributed by atoms with E-state index in [9.17, 15) is 0 Å². The zero-order valence-corrected chi connectivity index (χ0v) is 7.65. The molecule has 1 radical (unpaired) electrons. The maximum atomic E-state index is 5.38. The fourth-order valence-corrected chi connectivity index (χ4v) is 1.20. The molecule has 67 valence electrons. The summed E-state index contributed by atoms with van der Waals surface area (Å²) in [4.78, 5) is 0. The van der Waals surface area contributed by atoms with Gasteiger partial charge in [-0.25, -0.2) is 0 Å². The Morgan fingerprint density at radius 1 is 0.727 bits per heavy atom. The molecule has 0 heterocycles. The van der Waals surface area contributed by atoms with Crippen LogP contribution < -0.4 is 5.73 Å². The first-order valence-corrected chi connectivity index (χ1v) is 4.91. The van der Waals surface area contributed by atoms with Crippen molar-refractivity contribution in [3.8, 4) is 0 Å². The second-order valence-electron chi connectivity index (χ2n) is 3.12. The van der Waals surface area contributed by atoms with Crippen molar-refractivity contribution >= 4 is 0 Å². The first-order valence-electron chi connectivity index (χ1n) is 4.91. The van der Waals surface area contributed by atoms with Crippen molar-refractivity contribution in [1.29, 1.82) is 0 Å². The van der Waals surface area contributed by atoms with Crippen molar-refractivity contribution in [2.45, 2.75) is 51.4 Å². The summed E-state index contributed by atoms with van der Waals surface area (Å²) >= 11 is 0. The minimum absolute atomic E-state index is 0.860. The quantitative estimate of drug-likeness (QED) is 0.537. The first-order chi connectivity index (χ1) is 5.41. The highest BCUT2D eigenvalue weighted by Gasteiger charge is 1.89. The molecule has 0 unspecified atom stereocenters. The van der Waals surface area contributed by atoms with Crippen molar-refractivity contribution in [1.82, 2.24) is 0 Å². The molecule has 1 nitrogen and oxygen atoms in total. The molecule has 0 atom stereocenters. The highest BCUT2D eigenvalue weighted by atomic mass is 14.5. The van der Waals surface area contributed by atoms with Gasteiger partial charge in [0, 0.05) is 0 Å². The lowest BCUT2D eigenvalue weighted by Gasteiger charge is -1.98. The van der Waals surface area contributed by atoms with Crippen LogP contribution in [0.1, 0.15) is 51.4 Å². The van der Waals surface area contributed by atoms with Gasteiger partial charge in [-0.05, 0) is 13.0 Å². The molecule has 0 amide bonds. The Kier molecular flexibility index (Phi) is 9.92. The Balaban J connectivity index is 2.69. The van der Waals surface area contributed by atoms with Crippen molar-refractivity contribution in [3.63, 3.8) is 0 Å². The minimum atomic E-state index is 0.860. The van der Waals surface area contributed by atoms with Gasteiger partial charge in [-0.2, -0.15) is 0 Å². The summed E-state index contributed by atoms with van der Waals surface area (Å²) in [5, 5.41) is 0. The standard InChI is InChI=1S/C10H22N/c1-2-3-4-5-6-7-8-9-10-11/h1-11H2.